The molecule has 0 unspecified atom stereocenters. The lowest BCUT2D eigenvalue weighted by molar-refractivity contribution is 0.958. The molecule has 0 amide bonds. The maximum atomic E-state index is 4.48. The summed E-state index contributed by atoms with van der Waals surface area (Å²) in [5.74, 6) is 0. The molecule has 2 aromatic carbocycles. The van der Waals surface area contributed by atoms with Crippen molar-refractivity contribution in [3.63, 3.8) is 0 Å². The molecule has 0 atom stereocenters. The average molecular weight is 224 g/mol. The van der Waals surface area contributed by atoms with Gasteiger partial charge in [0, 0.05) is 0 Å². The highest BCUT2D eigenvalue weighted by Crippen LogP contribution is 2.19. The highest BCUT2D eigenvalue weighted by Gasteiger charge is 1.78. The Kier molecular flexibility index (Phi) is 4.46. The van der Waals surface area contributed by atoms with Crippen molar-refractivity contribution in [3.05, 3.63) is 71.3 Å². The molecule has 0 aromatic heterocycles. The largest absolute Gasteiger partial charge is 0.684 e. The van der Waals surface area contributed by atoms with Gasteiger partial charge in [0.05, 0.1) is 0 Å². The molecule has 0 spiro atoms. The molecule has 2 heteroatoms. The van der Waals surface area contributed by atoms with Gasteiger partial charge in [-0.2, -0.15) is 0 Å². The molecule has 0 bridgehead atoms. The van der Waals surface area contributed by atoms with Gasteiger partial charge in [0.2, 0.25) is 0 Å². The van der Waals surface area contributed by atoms with Crippen molar-refractivity contribution in [1.29, 1.82) is 0 Å². The van der Waals surface area contributed by atoms with Crippen LogP contribution in [0.5, 0.6) is 0 Å². The highest BCUT2D eigenvalue weighted by molar-refractivity contribution is 5.48. The summed E-state index contributed by atoms with van der Waals surface area (Å²) in [4.78, 5) is 0. The predicted molar refractivity (Wildman–Crippen MR) is 73.3 cm³/mol. The fourth-order valence-corrected chi connectivity index (χ4v) is 1.55. The zero-order chi connectivity index (χ0) is 11.8. The standard InChI is InChI=1S/C15H16N2/c1-3-8-14(9-4-1)16-12-7-13-17-15-10-5-2-6-11-15/h1-6,8-11H,7,12-13H2/q-2. The summed E-state index contributed by atoms with van der Waals surface area (Å²) in [6, 6.07) is 20.1. The summed E-state index contributed by atoms with van der Waals surface area (Å²) in [7, 11) is 0. The van der Waals surface area contributed by atoms with Crippen LogP contribution in [0.2, 0.25) is 0 Å². The van der Waals surface area contributed by atoms with Crippen LogP contribution in [-0.2, 0) is 0 Å². The molecule has 0 fully saturated rings. The minimum absolute atomic E-state index is 0.834. The van der Waals surface area contributed by atoms with Crippen LogP contribution in [0.15, 0.2) is 60.7 Å². The third-order valence-electron chi connectivity index (χ3n) is 2.42. The molecule has 0 aliphatic rings. The van der Waals surface area contributed by atoms with Crippen LogP contribution in [0, 0.1) is 0 Å². The van der Waals surface area contributed by atoms with E-state index in [2.05, 4.69) is 10.6 Å². The number of hydrogen-bond donors (Lipinski definition) is 0. The summed E-state index contributed by atoms with van der Waals surface area (Å²) in [6.07, 6.45) is 0.990. The predicted octanol–water partition coefficient (Wildman–Crippen LogP) is 4.79. The van der Waals surface area contributed by atoms with Crippen molar-refractivity contribution in [3.8, 4) is 0 Å². The molecule has 2 nitrogen and oxygen atoms in total. The molecule has 2 rings (SSSR count). The smallest absolute Gasteiger partial charge is 0.0624 e. The van der Waals surface area contributed by atoms with Gasteiger partial charge in [-0.25, -0.2) is 0 Å². The Morgan fingerprint density at radius 2 is 1.00 bits per heavy atom. The molecular weight excluding hydrogens is 208 g/mol. The SMILES string of the molecule is c1ccc([N-]CCC[N-]c2ccccc2)cc1. The molecule has 88 valence electrons. The number of hydrogen-bond acceptors (Lipinski definition) is 0. The molecule has 0 radical (unpaired) electrons. The van der Waals surface area contributed by atoms with Gasteiger partial charge in [-0.1, -0.05) is 67.1 Å². The van der Waals surface area contributed by atoms with Crippen LogP contribution in [-0.4, -0.2) is 13.1 Å². The molecule has 17 heavy (non-hydrogen) atoms. The average Bonchev–Trinajstić information content (AvgIpc) is 2.41. The molecule has 2 aromatic rings. The Morgan fingerprint density at radius 1 is 0.588 bits per heavy atom. The summed E-state index contributed by atoms with van der Waals surface area (Å²) >= 11 is 0. The molecule has 0 saturated carbocycles. The highest BCUT2D eigenvalue weighted by atomic mass is 14.9. The Hall–Kier alpha value is -1.96. The monoisotopic (exact) mass is 224 g/mol. The van der Waals surface area contributed by atoms with E-state index in [-0.39, 0.29) is 0 Å². The Morgan fingerprint density at radius 3 is 1.41 bits per heavy atom. The quantitative estimate of drug-likeness (QED) is 0.631. The Balaban J connectivity index is 1.61. The van der Waals surface area contributed by atoms with Crippen LogP contribution in [0.3, 0.4) is 0 Å². The van der Waals surface area contributed by atoms with Gasteiger partial charge in [-0.05, 0) is 0 Å². The van der Waals surface area contributed by atoms with Crippen molar-refractivity contribution >= 4 is 11.4 Å². The number of rotatable bonds is 6. The first-order chi connectivity index (χ1) is 8.45. The van der Waals surface area contributed by atoms with Crippen LogP contribution in [0.25, 0.3) is 10.6 Å². The van der Waals surface area contributed by atoms with Gasteiger partial charge in [0.25, 0.3) is 0 Å². The molecule has 0 aliphatic heterocycles. The van der Waals surface area contributed by atoms with E-state index in [9.17, 15) is 0 Å². The van der Waals surface area contributed by atoms with Gasteiger partial charge in [-0.15, -0.1) is 24.5 Å². The minimum Gasteiger partial charge on any atom is -0.684 e. The van der Waals surface area contributed by atoms with Gasteiger partial charge < -0.3 is 10.6 Å². The van der Waals surface area contributed by atoms with E-state index in [0.29, 0.717) is 0 Å². The Labute approximate surface area is 103 Å². The first-order valence-electron chi connectivity index (χ1n) is 5.90. The van der Waals surface area contributed by atoms with E-state index >= 15 is 0 Å². The minimum atomic E-state index is 0.834. The number of para-hydroxylation sites is 2. The normalized spacial score (nSPS) is 9.88. The number of benzene rings is 2. The van der Waals surface area contributed by atoms with E-state index in [0.717, 1.165) is 30.9 Å². The second-order valence-electron chi connectivity index (χ2n) is 3.79. The summed E-state index contributed by atoms with van der Waals surface area (Å²) in [5, 5.41) is 8.95. The maximum absolute atomic E-state index is 4.48. The van der Waals surface area contributed by atoms with Crippen LogP contribution in [0.4, 0.5) is 11.4 Å². The number of nitrogens with zero attached hydrogens (tertiary/aromatic N) is 2. The summed E-state index contributed by atoms with van der Waals surface area (Å²) < 4.78 is 0. The van der Waals surface area contributed by atoms with E-state index in [1.807, 2.05) is 60.7 Å². The lowest BCUT2D eigenvalue weighted by Gasteiger charge is -2.25. The van der Waals surface area contributed by atoms with Crippen molar-refractivity contribution in [2.75, 3.05) is 13.1 Å². The van der Waals surface area contributed by atoms with Crippen LogP contribution < -0.4 is 0 Å². The van der Waals surface area contributed by atoms with Crippen molar-refractivity contribution < 1.29 is 0 Å². The maximum Gasteiger partial charge on any atom is -0.0624 e. The zero-order valence-electron chi connectivity index (χ0n) is 9.79. The Bertz CT molecular complexity index is 370. The molecular formula is C15H16N2-2. The zero-order valence-corrected chi connectivity index (χ0v) is 9.79. The van der Waals surface area contributed by atoms with Gasteiger partial charge >= 0.3 is 0 Å². The third-order valence-corrected chi connectivity index (χ3v) is 2.42. The first kappa shape index (κ1) is 11.5. The lowest BCUT2D eigenvalue weighted by atomic mass is 10.3. The molecule has 0 aliphatic carbocycles. The fraction of sp³-hybridized carbons (Fsp3) is 0.200. The summed E-state index contributed by atoms with van der Waals surface area (Å²) in [5.41, 5.74) is 2.10. The fourth-order valence-electron chi connectivity index (χ4n) is 1.55. The van der Waals surface area contributed by atoms with Crippen molar-refractivity contribution in [2.24, 2.45) is 0 Å². The lowest BCUT2D eigenvalue weighted by Crippen LogP contribution is -1.87. The van der Waals surface area contributed by atoms with Crippen LogP contribution >= 0.6 is 0 Å². The third kappa shape index (κ3) is 4.19. The molecule has 0 N–H and O–H groups in total. The van der Waals surface area contributed by atoms with Crippen molar-refractivity contribution in [1.82, 2.24) is 0 Å². The molecule has 0 heterocycles. The topological polar surface area (TPSA) is 28.2 Å². The van der Waals surface area contributed by atoms with E-state index in [4.69, 9.17) is 0 Å². The molecule has 0 saturated heterocycles. The summed E-state index contributed by atoms with van der Waals surface area (Å²) in [6.45, 7) is 1.67. The van der Waals surface area contributed by atoms with Crippen molar-refractivity contribution in [2.45, 2.75) is 6.42 Å². The second kappa shape index (κ2) is 6.59. The first-order valence-corrected chi connectivity index (χ1v) is 5.90. The van der Waals surface area contributed by atoms with E-state index in [1.165, 1.54) is 0 Å². The van der Waals surface area contributed by atoms with E-state index < -0.39 is 0 Å². The van der Waals surface area contributed by atoms with Gasteiger partial charge in [-0.3, -0.25) is 0 Å². The van der Waals surface area contributed by atoms with Gasteiger partial charge in [0.1, 0.15) is 0 Å². The van der Waals surface area contributed by atoms with Gasteiger partial charge in [0.15, 0.2) is 0 Å². The second-order valence-corrected chi connectivity index (χ2v) is 3.79. The van der Waals surface area contributed by atoms with E-state index in [1.54, 1.807) is 0 Å². The van der Waals surface area contributed by atoms with Crippen LogP contribution in [0.1, 0.15) is 6.42 Å².